The number of nitrogens with zero attached hydrogens (tertiary/aromatic N) is 1. The van der Waals surface area contributed by atoms with Gasteiger partial charge in [-0.25, -0.2) is 0 Å². The fraction of sp³-hybridized carbons (Fsp3) is 0.500. The Balaban J connectivity index is 2.34. The molecule has 1 saturated heterocycles. The van der Waals surface area contributed by atoms with E-state index in [1.54, 1.807) is 17.0 Å². The molecule has 6 nitrogen and oxygen atoms in total. The van der Waals surface area contributed by atoms with Gasteiger partial charge in [0.15, 0.2) is 11.5 Å². The van der Waals surface area contributed by atoms with Gasteiger partial charge in [-0.05, 0) is 18.6 Å². The zero-order valence-corrected chi connectivity index (χ0v) is 11.9. The van der Waals surface area contributed by atoms with E-state index in [0.29, 0.717) is 42.3 Å². The molecule has 0 saturated carbocycles. The monoisotopic (exact) mass is 281 g/mol. The Morgan fingerprint density at radius 3 is 2.20 bits per heavy atom. The number of methoxy groups -OCH3 is 3. The molecule has 0 radical (unpaired) electrons. The van der Waals surface area contributed by atoms with E-state index in [4.69, 9.17) is 14.2 Å². The first-order valence-electron chi connectivity index (χ1n) is 6.38. The number of rotatable bonds is 4. The van der Waals surface area contributed by atoms with E-state index in [0.717, 1.165) is 0 Å². The molecule has 1 amide bonds. The molecule has 1 aromatic carbocycles. The first-order valence-corrected chi connectivity index (χ1v) is 6.38. The number of amides is 1. The van der Waals surface area contributed by atoms with Crippen LogP contribution in [0, 0.1) is 0 Å². The quantitative estimate of drug-likeness (QED) is 0.889. The lowest BCUT2D eigenvalue weighted by atomic mass is 10.1. The number of carbonyl (C=O) groups excluding carboxylic acids is 1. The van der Waals surface area contributed by atoms with Crippen molar-refractivity contribution < 1.29 is 24.1 Å². The third-order valence-corrected chi connectivity index (χ3v) is 3.36. The molecule has 1 heterocycles. The smallest absolute Gasteiger partial charge is 0.254 e. The Bertz CT molecular complexity index is 477. The molecule has 0 spiro atoms. The lowest BCUT2D eigenvalue weighted by Crippen LogP contribution is -2.29. The van der Waals surface area contributed by atoms with Crippen LogP contribution in [0.3, 0.4) is 0 Å². The molecule has 1 aliphatic rings. The number of ether oxygens (including phenoxy) is 3. The van der Waals surface area contributed by atoms with Gasteiger partial charge < -0.3 is 24.2 Å². The molecule has 1 unspecified atom stereocenters. The van der Waals surface area contributed by atoms with Gasteiger partial charge in [0.1, 0.15) is 0 Å². The Morgan fingerprint density at radius 1 is 1.20 bits per heavy atom. The standard InChI is InChI=1S/C14H19NO5/c1-18-11-6-9(7-12(19-2)13(11)20-3)14(17)15-5-4-10(16)8-15/h6-7,10,16H,4-5,8H2,1-3H3. The highest BCUT2D eigenvalue weighted by molar-refractivity contribution is 5.95. The van der Waals surface area contributed by atoms with E-state index in [1.807, 2.05) is 0 Å². The average molecular weight is 281 g/mol. The Kier molecular flexibility index (Phi) is 4.34. The van der Waals surface area contributed by atoms with Gasteiger partial charge in [-0.1, -0.05) is 0 Å². The van der Waals surface area contributed by atoms with Crippen molar-refractivity contribution in [2.45, 2.75) is 12.5 Å². The van der Waals surface area contributed by atoms with Crippen LogP contribution in [0.25, 0.3) is 0 Å². The van der Waals surface area contributed by atoms with Crippen molar-refractivity contribution in [2.24, 2.45) is 0 Å². The second-order valence-corrected chi connectivity index (χ2v) is 4.61. The summed E-state index contributed by atoms with van der Waals surface area (Å²) in [6.45, 7) is 0.909. The fourth-order valence-electron chi connectivity index (χ4n) is 2.31. The number of hydrogen-bond acceptors (Lipinski definition) is 5. The van der Waals surface area contributed by atoms with Gasteiger partial charge in [-0.3, -0.25) is 4.79 Å². The fourth-order valence-corrected chi connectivity index (χ4v) is 2.31. The van der Waals surface area contributed by atoms with E-state index >= 15 is 0 Å². The van der Waals surface area contributed by atoms with Crippen LogP contribution in [-0.2, 0) is 0 Å². The second-order valence-electron chi connectivity index (χ2n) is 4.61. The van der Waals surface area contributed by atoms with Crippen LogP contribution < -0.4 is 14.2 Å². The van der Waals surface area contributed by atoms with Crippen molar-refractivity contribution in [3.05, 3.63) is 17.7 Å². The minimum atomic E-state index is -0.444. The third-order valence-electron chi connectivity index (χ3n) is 3.36. The maximum atomic E-state index is 12.4. The summed E-state index contributed by atoms with van der Waals surface area (Å²) in [7, 11) is 4.52. The van der Waals surface area contributed by atoms with Crippen LogP contribution in [0.1, 0.15) is 16.8 Å². The zero-order valence-electron chi connectivity index (χ0n) is 11.9. The number of benzene rings is 1. The van der Waals surface area contributed by atoms with Crippen LogP contribution >= 0.6 is 0 Å². The van der Waals surface area contributed by atoms with Gasteiger partial charge in [0.2, 0.25) is 5.75 Å². The number of aliphatic hydroxyl groups excluding tert-OH is 1. The Morgan fingerprint density at radius 2 is 1.80 bits per heavy atom. The van der Waals surface area contributed by atoms with E-state index in [-0.39, 0.29) is 5.91 Å². The van der Waals surface area contributed by atoms with Gasteiger partial charge in [0, 0.05) is 18.7 Å². The van der Waals surface area contributed by atoms with Crippen LogP contribution in [0.5, 0.6) is 17.2 Å². The van der Waals surface area contributed by atoms with Gasteiger partial charge in [-0.2, -0.15) is 0 Å². The van der Waals surface area contributed by atoms with Crippen molar-refractivity contribution in [3.8, 4) is 17.2 Å². The van der Waals surface area contributed by atoms with E-state index in [1.165, 1.54) is 21.3 Å². The van der Waals surface area contributed by atoms with Gasteiger partial charge >= 0.3 is 0 Å². The zero-order chi connectivity index (χ0) is 14.7. The highest BCUT2D eigenvalue weighted by Gasteiger charge is 2.27. The van der Waals surface area contributed by atoms with Crippen LogP contribution in [0.2, 0.25) is 0 Å². The number of aliphatic hydroxyl groups is 1. The Labute approximate surface area is 117 Å². The molecule has 1 aromatic rings. The Hall–Kier alpha value is -1.95. The van der Waals surface area contributed by atoms with Crippen molar-refractivity contribution in [3.63, 3.8) is 0 Å². The highest BCUT2D eigenvalue weighted by atomic mass is 16.5. The molecule has 1 aliphatic heterocycles. The molecule has 0 aromatic heterocycles. The van der Waals surface area contributed by atoms with E-state index in [2.05, 4.69) is 0 Å². The first kappa shape index (κ1) is 14.5. The largest absolute Gasteiger partial charge is 0.493 e. The summed E-state index contributed by atoms with van der Waals surface area (Å²) < 4.78 is 15.7. The second kappa shape index (κ2) is 6.00. The third kappa shape index (κ3) is 2.65. The molecule has 2 rings (SSSR count). The van der Waals surface area contributed by atoms with E-state index < -0.39 is 6.10 Å². The summed E-state index contributed by atoms with van der Waals surface area (Å²) >= 11 is 0. The lowest BCUT2D eigenvalue weighted by molar-refractivity contribution is 0.0764. The maximum Gasteiger partial charge on any atom is 0.254 e. The molecular formula is C14H19NO5. The summed E-state index contributed by atoms with van der Waals surface area (Å²) in [6.07, 6.45) is 0.164. The minimum absolute atomic E-state index is 0.152. The van der Waals surface area contributed by atoms with Crippen LogP contribution in [-0.4, -0.2) is 56.4 Å². The lowest BCUT2D eigenvalue weighted by Gasteiger charge is -2.18. The molecular weight excluding hydrogens is 262 g/mol. The molecule has 0 aliphatic carbocycles. The summed E-state index contributed by atoms with van der Waals surface area (Å²) in [5, 5.41) is 9.52. The normalized spacial score (nSPS) is 18.0. The number of carbonyl (C=O) groups is 1. The first-order chi connectivity index (χ1) is 9.60. The molecule has 1 atom stereocenters. The number of likely N-dealkylation sites (tertiary alicyclic amines) is 1. The van der Waals surface area contributed by atoms with Gasteiger partial charge in [0.25, 0.3) is 5.91 Å². The number of hydrogen-bond donors (Lipinski definition) is 1. The summed E-state index contributed by atoms with van der Waals surface area (Å²) in [5.74, 6) is 1.18. The van der Waals surface area contributed by atoms with Crippen molar-refractivity contribution in [1.29, 1.82) is 0 Å². The van der Waals surface area contributed by atoms with Crippen LogP contribution in [0.4, 0.5) is 0 Å². The highest BCUT2D eigenvalue weighted by Crippen LogP contribution is 2.38. The molecule has 0 bridgehead atoms. The van der Waals surface area contributed by atoms with E-state index in [9.17, 15) is 9.90 Å². The van der Waals surface area contributed by atoms with Gasteiger partial charge in [0.05, 0.1) is 27.4 Å². The van der Waals surface area contributed by atoms with Crippen molar-refractivity contribution in [1.82, 2.24) is 4.90 Å². The summed E-state index contributed by atoms with van der Waals surface area (Å²) in [4.78, 5) is 14.0. The molecule has 6 heteroatoms. The van der Waals surface area contributed by atoms with Gasteiger partial charge in [-0.15, -0.1) is 0 Å². The predicted octanol–water partition coefficient (Wildman–Crippen LogP) is 0.919. The summed E-state index contributed by atoms with van der Waals surface area (Å²) in [6, 6.07) is 3.24. The topological polar surface area (TPSA) is 68.2 Å². The number of β-amino-alcohol motifs (C(OH)–C–C–N with tert-alkyl or cyclic N) is 1. The SMILES string of the molecule is COc1cc(C(=O)N2CCC(O)C2)cc(OC)c1OC. The molecule has 1 fully saturated rings. The average Bonchev–Trinajstić information content (AvgIpc) is 2.91. The molecule has 110 valence electrons. The maximum absolute atomic E-state index is 12.4. The molecule has 1 N–H and O–H groups in total. The van der Waals surface area contributed by atoms with Crippen molar-refractivity contribution >= 4 is 5.91 Å². The molecule has 20 heavy (non-hydrogen) atoms. The van der Waals surface area contributed by atoms with Crippen molar-refractivity contribution in [2.75, 3.05) is 34.4 Å². The minimum Gasteiger partial charge on any atom is -0.493 e. The van der Waals surface area contributed by atoms with Crippen LogP contribution in [0.15, 0.2) is 12.1 Å². The predicted molar refractivity (Wildman–Crippen MR) is 72.6 cm³/mol. The summed E-state index contributed by atoms with van der Waals surface area (Å²) in [5.41, 5.74) is 0.452.